The topological polar surface area (TPSA) is 101 Å². The van der Waals surface area contributed by atoms with E-state index in [-0.39, 0.29) is 17.8 Å². The molecular weight excluding hydrogens is 294 g/mol. The molecule has 1 aromatic heterocycles. The Bertz CT molecular complexity index is 499. The molecule has 2 heterocycles. The summed E-state index contributed by atoms with van der Waals surface area (Å²) in [5, 5.41) is 16.4. The van der Waals surface area contributed by atoms with Crippen molar-refractivity contribution in [3.05, 3.63) is 16.1 Å². The summed E-state index contributed by atoms with van der Waals surface area (Å²) in [6.45, 7) is 3.84. The van der Waals surface area contributed by atoms with Crippen LogP contribution in [0.15, 0.2) is 5.38 Å². The summed E-state index contributed by atoms with van der Waals surface area (Å²) in [5.41, 5.74) is 0.00316. The van der Waals surface area contributed by atoms with Gasteiger partial charge in [-0.2, -0.15) is 0 Å². The number of carbonyl (C=O) groups is 2. The zero-order chi connectivity index (χ0) is 15.2. The summed E-state index contributed by atoms with van der Waals surface area (Å²) < 4.78 is 5.35. The molecule has 1 saturated heterocycles. The van der Waals surface area contributed by atoms with E-state index in [4.69, 9.17) is 9.84 Å². The van der Waals surface area contributed by atoms with Gasteiger partial charge in [0.15, 0.2) is 5.69 Å². The monoisotopic (exact) mass is 313 g/mol. The van der Waals surface area contributed by atoms with Gasteiger partial charge in [-0.05, 0) is 25.7 Å². The van der Waals surface area contributed by atoms with Crippen LogP contribution in [0.3, 0.4) is 0 Å². The quantitative estimate of drug-likeness (QED) is 0.767. The largest absolute Gasteiger partial charge is 0.476 e. The number of carboxylic acid groups (broad SMARTS) is 1. The van der Waals surface area contributed by atoms with Gasteiger partial charge >= 0.3 is 12.0 Å². The summed E-state index contributed by atoms with van der Waals surface area (Å²) in [6, 6.07) is -0.606. The van der Waals surface area contributed by atoms with Crippen molar-refractivity contribution in [1.82, 2.24) is 15.6 Å². The lowest BCUT2D eigenvalue weighted by atomic mass is 10.0. The van der Waals surface area contributed by atoms with Crippen LogP contribution in [0, 0.1) is 5.92 Å². The van der Waals surface area contributed by atoms with Crippen LogP contribution < -0.4 is 10.6 Å². The van der Waals surface area contributed by atoms with Crippen molar-refractivity contribution in [1.29, 1.82) is 0 Å². The predicted octanol–water partition coefficient (Wildman–Crippen LogP) is 1.63. The van der Waals surface area contributed by atoms with E-state index in [9.17, 15) is 9.59 Å². The second-order valence-electron chi connectivity index (χ2n) is 5.04. The summed E-state index contributed by atoms with van der Waals surface area (Å²) in [5.74, 6) is -0.704. The Morgan fingerprint density at radius 2 is 2.43 bits per heavy atom. The van der Waals surface area contributed by atoms with E-state index in [1.54, 1.807) is 6.92 Å². The van der Waals surface area contributed by atoms with Crippen molar-refractivity contribution >= 4 is 23.3 Å². The van der Waals surface area contributed by atoms with E-state index in [1.807, 2.05) is 0 Å². The maximum Gasteiger partial charge on any atom is 0.355 e. The first-order valence-corrected chi connectivity index (χ1v) is 7.75. The van der Waals surface area contributed by atoms with Gasteiger partial charge < -0.3 is 20.5 Å². The summed E-state index contributed by atoms with van der Waals surface area (Å²) >= 11 is 1.22. The van der Waals surface area contributed by atoms with Gasteiger partial charge in [0.05, 0.1) is 12.6 Å². The molecule has 8 heteroatoms. The second kappa shape index (κ2) is 7.37. The fraction of sp³-hybridized carbons (Fsp3) is 0.615. The zero-order valence-electron chi connectivity index (χ0n) is 11.8. The lowest BCUT2D eigenvalue weighted by Gasteiger charge is -2.22. The van der Waals surface area contributed by atoms with Gasteiger partial charge in [-0.25, -0.2) is 14.6 Å². The third-order valence-corrected chi connectivity index (χ3v) is 4.29. The van der Waals surface area contributed by atoms with Gasteiger partial charge in [-0.3, -0.25) is 0 Å². The number of nitrogens with one attached hydrogen (secondary N) is 2. The molecule has 2 unspecified atom stereocenters. The molecule has 1 fully saturated rings. The molecule has 21 heavy (non-hydrogen) atoms. The molecule has 0 spiro atoms. The number of nitrogens with zero attached hydrogens (tertiary/aromatic N) is 1. The molecule has 1 aliphatic rings. The third kappa shape index (κ3) is 4.68. The van der Waals surface area contributed by atoms with E-state index in [0.717, 1.165) is 19.4 Å². The number of aromatic carboxylic acids is 1. The highest BCUT2D eigenvalue weighted by Gasteiger charge is 2.18. The molecule has 0 radical (unpaired) electrons. The van der Waals surface area contributed by atoms with Crippen molar-refractivity contribution in [3.8, 4) is 0 Å². The average molecular weight is 313 g/mol. The normalized spacial score (nSPS) is 19.8. The summed E-state index contributed by atoms with van der Waals surface area (Å²) in [4.78, 5) is 26.5. The molecule has 1 aromatic rings. The molecule has 0 saturated carbocycles. The van der Waals surface area contributed by atoms with Crippen LogP contribution in [-0.2, 0) is 4.74 Å². The maximum atomic E-state index is 11.8. The first-order chi connectivity index (χ1) is 10.1. The smallest absolute Gasteiger partial charge is 0.355 e. The first-order valence-electron chi connectivity index (χ1n) is 6.87. The third-order valence-electron chi connectivity index (χ3n) is 3.26. The molecule has 7 nitrogen and oxygen atoms in total. The van der Waals surface area contributed by atoms with Crippen molar-refractivity contribution in [2.45, 2.75) is 25.8 Å². The highest BCUT2D eigenvalue weighted by Crippen LogP contribution is 2.18. The van der Waals surface area contributed by atoms with Gasteiger partial charge in [-0.15, -0.1) is 11.3 Å². The lowest BCUT2D eigenvalue weighted by Crippen LogP contribution is -2.40. The SMILES string of the molecule is CC(NC(=O)NCC1CCCOC1)c1nc(C(=O)O)cs1. The van der Waals surface area contributed by atoms with E-state index < -0.39 is 5.97 Å². The number of ether oxygens (including phenoxy) is 1. The Hall–Kier alpha value is -1.67. The number of hydrogen-bond donors (Lipinski definition) is 3. The van der Waals surface area contributed by atoms with Crippen molar-refractivity contribution in [2.75, 3.05) is 19.8 Å². The van der Waals surface area contributed by atoms with Crippen LogP contribution in [0.4, 0.5) is 4.79 Å². The highest BCUT2D eigenvalue weighted by molar-refractivity contribution is 7.09. The number of thiazole rings is 1. The van der Waals surface area contributed by atoms with Crippen LogP contribution >= 0.6 is 11.3 Å². The number of carboxylic acids is 1. The first kappa shape index (κ1) is 15.7. The lowest BCUT2D eigenvalue weighted by molar-refractivity contribution is 0.0557. The van der Waals surface area contributed by atoms with Crippen LogP contribution in [0.5, 0.6) is 0 Å². The Balaban J connectivity index is 1.76. The Kier molecular flexibility index (Phi) is 5.51. The van der Waals surface area contributed by atoms with Gasteiger partial charge in [-0.1, -0.05) is 0 Å². The van der Waals surface area contributed by atoms with Gasteiger partial charge in [0, 0.05) is 18.5 Å². The Labute approximate surface area is 126 Å². The van der Waals surface area contributed by atoms with E-state index in [0.29, 0.717) is 24.1 Å². The van der Waals surface area contributed by atoms with E-state index in [1.165, 1.54) is 16.7 Å². The molecule has 0 bridgehead atoms. The summed E-state index contributed by atoms with van der Waals surface area (Å²) in [7, 11) is 0. The van der Waals surface area contributed by atoms with Crippen LogP contribution in [-0.4, -0.2) is 41.8 Å². The van der Waals surface area contributed by atoms with Crippen LogP contribution in [0.25, 0.3) is 0 Å². The molecule has 0 aromatic carbocycles. The molecule has 1 aliphatic heterocycles. The number of amides is 2. The minimum Gasteiger partial charge on any atom is -0.476 e. The highest BCUT2D eigenvalue weighted by atomic mass is 32.1. The molecule has 2 amide bonds. The van der Waals surface area contributed by atoms with Gasteiger partial charge in [0.25, 0.3) is 0 Å². The fourth-order valence-corrected chi connectivity index (χ4v) is 2.90. The number of carbonyl (C=O) groups excluding carboxylic acids is 1. The standard InChI is InChI=1S/C13H19N3O4S/c1-8(11-16-10(7-21-11)12(17)18)15-13(19)14-5-9-3-2-4-20-6-9/h7-9H,2-6H2,1H3,(H,17,18)(H2,14,15,19). The maximum absolute atomic E-state index is 11.8. The van der Waals surface area contributed by atoms with E-state index in [2.05, 4.69) is 15.6 Å². The van der Waals surface area contributed by atoms with Crippen molar-refractivity contribution in [2.24, 2.45) is 5.92 Å². The van der Waals surface area contributed by atoms with Gasteiger partial charge in [0.2, 0.25) is 0 Å². The predicted molar refractivity (Wildman–Crippen MR) is 77.6 cm³/mol. The summed E-state index contributed by atoms with van der Waals surface area (Å²) in [6.07, 6.45) is 2.09. The van der Waals surface area contributed by atoms with Gasteiger partial charge in [0.1, 0.15) is 5.01 Å². The average Bonchev–Trinajstić information content (AvgIpc) is 2.96. The number of urea groups is 1. The van der Waals surface area contributed by atoms with Crippen LogP contribution in [0.2, 0.25) is 0 Å². The molecular formula is C13H19N3O4S. The second-order valence-corrected chi connectivity index (χ2v) is 5.93. The molecule has 2 atom stereocenters. The minimum atomic E-state index is -1.06. The molecule has 2 rings (SSSR count). The minimum absolute atomic E-state index is 0.00316. The van der Waals surface area contributed by atoms with Crippen molar-refractivity contribution in [3.63, 3.8) is 0 Å². The number of hydrogen-bond acceptors (Lipinski definition) is 5. The molecule has 116 valence electrons. The Morgan fingerprint density at radius 1 is 1.62 bits per heavy atom. The van der Waals surface area contributed by atoms with Crippen LogP contribution in [0.1, 0.15) is 41.3 Å². The molecule has 3 N–H and O–H groups in total. The number of rotatable bonds is 5. The zero-order valence-corrected chi connectivity index (χ0v) is 12.6. The van der Waals surface area contributed by atoms with E-state index >= 15 is 0 Å². The Morgan fingerprint density at radius 3 is 3.05 bits per heavy atom. The number of aromatic nitrogens is 1. The fourth-order valence-electron chi connectivity index (χ4n) is 2.10. The van der Waals surface area contributed by atoms with Crippen molar-refractivity contribution < 1.29 is 19.4 Å². The molecule has 0 aliphatic carbocycles.